The van der Waals surface area contributed by atoms with Crippen molar-refractivity contribution in [1.29, 1.82) is 5.26 Å². The molecular weight excluding hydrogens is 220 g/mol. The maximum atomic E-state index is 10.1. The fourth-order valence-electron chi connectivity index (χ4n) is 0.860. The van der Waals surface area contributed by atoms with Crippen molar-refractivity contribution in [3.63, 3.8) is 0 Å². The van der Waals surface area contributed by atoms with Gasteiger partial charge in [-0.25, -0.2) is 0 Å². The summed E-state index contributed by atoms with van der Waals surface area (Å²) in [5, 5.41) is 11.8. The van der Waals surface area contributed by atoms with Crippen LogP contribution in [0.5, 0.6) is 0 Å². The van der Waals surface area contributed by atoms with E-state index in [1.54, 1.807) is 6.07 Å². The molecule has 90 valence electrons. The van der Waals surface area contributed by atoms with E-state index < -0.39 is 0 Å². The third-order valence-electron chi connectivity index (χ3n) is 1.44. The third kappa shape index (κ3) is 5.52. The van der Waals surface area contributed by atoms with Crippen LogP contribution < -0.4 is 5.32 Å². The number of carbonyl (C=O) groups is 1. The first-order valence-electron chi connectivity index (χ1n) is 5.54. The normalized spacial score (nSPS) is 7.50. The molecule has 4 heteroatoms. The molecule has 16 heavy (non-hydrogen) atoms. The number of amides is 1. The average molecular weight is 240 g/mol. The highest BCUT2D eigenvalue weighted by molar-refractivity contribution is 7.16. The number of hydrogen-bond acceptors (Lipinski definition) is 3. The second-order valence-corrected chi connectivity index (χ2v) is 3.32. The fourth-order valence-corrected chi connectivity index (χ4v) is 1.76. The molecule has 0 aromatic carbocycles. The van der Waals surface area contributed by atoms with Crippen molar-refractivity contribution < 1.29 is 4.79 Å². The van der Waals surface area contributed by atoms with E-state index in [2.05, 4.69) is 5.32 Å². The van der Waals surface area contributed by atoms with Crippen LogP contribution in [0, 0.1) is 11.3 Å². The van der Waals surface area contributed by atoms with Crippen molar-refractivity contribution in [2.24, 2.45) is 0 Å². The zero-order chi connectivity index (χ0) is 13.0. The van der Waals surface area contributed by atoms with Gasteiger partial charge in [0.1, 0.15) is 11.1 Å². The lowest BCUT2D eigenvalue weighted by Gasteiger charge is -1.90. The van der Waals surface area contributed by atoms with Crippen molar-refractivity contribution in [3.8, 4) is 6.07 Å². The second-order valence-electron chi connectivity index (χ2n) is 2.18. The summed E-state index contributed by atoms with van der Waals surface area (Å²) >= 11 is 1.44. The SMILES string of the molecule is CC.CC.CCc1cc(C#N)c(NC=O)s1. The van der Waals surface area contributed by atoms with Gasteiger partial charge in [0, 0.05) is 4.88 Å². The minimum absolute atomic E-state index is 0.545. The molecule has 0 atom stereocenters. The van der Waals surface area contributed by atoms with Crippen LogP contribution in [-0.2, 0) is 11.2 Å². The summed E-state index contributed by atoms with van der Waals surface area (Å²) in [6.07, 6.45) is 1.48. The summed E-state index contributed by atoms with van der Waals surface area (Å²) in [5.41, 5.74) is 0.545. The number of aryl methyl sites for hydroxylation is 1. The molecule has 1 aromatic rings. The Kier molecular flexibility index (Phi) is 12.5. The van der Waals surface area contributed by atoms with Crippen molar-refractivity contribution in [2.75, 3.05) is 5.32 Å². The van der Waals surface area contributed by atoms with E-state index in [0.717, 1.165) is 11.3 Å². The fraction of sp³-hybridized carbons (Fsp3) is 0.500. The number of thiophene rings is 1. The molecule has 0 bridgehead atoms. The Morgan fingerprint density at radius 2 is 2.00 bits per heavy atom. The number of hydrogen-bond donors (Lipinski definition) is 1. The van der Waals surface area contributed by atoms with Crippen LogP contribution in [0.25, 0.3) is 0 Å². The molecule has 0 spiro atoms. The van der Waals surface area contributed by atoms with E-state index in [0.29, 0.717) is 17.0 Å². The van der Waals surface area contributed by atoms with Gasteiger partial charge in [0.05, 0.1) is 5.56 Å². The molecular formula is C12H20N2OS. The summed E-state index contributed by atoms with van der Waals surface area (Å²) in [7, 11) is 0. The molecule has 1 N–H and O–H groups in total. The molecule has 3 nitrogen and oxygen atoms in total. The molecule has 1 heterocycles. The molecule has 1 amide bonds. The van der Waals surface area contributed by atoms with Crippen molar-refractivity contribution in [2.45, 2.75) is 41.0 Å². The summed E-state index contributed by atoms with van der Waals surface area (Å²) in [5.74, 6) is 0. The lowest BCUT2D eigenvalue weighted by atomic mass is 10.3. The van der Waals surface area contributed by atoms with Gasteiger partial charge in [-0.1, -0.05) is 34.6 Å². The smallest absolute Gasteiger partial charge is 0.212 e. The third-order valence-corrected chi connectivity index (χ3v) is 2.65. The molecule has 0 saturated heterocycles. The van der Waals surface area contributed by atoms with E-state index in [1.165, 1.54) is 11.3 Å². The highest BCUT2D eigenvalue weighted by atomic mass is 32.1. The second kappa shape index (κ2) is 11.7. The zero-order valence-corrected chi connectivity index (χ0v) is 11.4. The summed E-state index contributed by atoms with van der Waals surface area (Å²) in [6, 6.07) is 3.83. The number of carbonyl (C=O) groups excluding carboxylic acids is 1. The van der Waals surface area contributed by atoms with Gasteiger partial charge >= 0.3 is 0 Å². The number of nitrogens with zero attached hydrogens (tertiary/aromatic N) is 1. The number of rotatable bonds is 3. The van der Waals surface area contributed by atoms with Gasteiger partial charge < -0.3 is 5.32 Å². The maximum Gasteiger partial charge on any atom is 0.212 e. The highest BCUT2D eigenvalue weighted by Gasteiger charge is 2.05. The average Bonchev–Trinajstić information content (AvgIpc) is 2.77. The standard InChI is InChI=1S/C8H8N2OS.2C2H6/c1-2-7-3-6(4-9)8(12-7)10-5-11;2*1-2/h3,5H,2H2,1H3,(H,10,11);2*1-2H3. The number of nitriles is 1. The van der Waals surface area contributed by atoms with Crippen LogP contribution in [0.1, 0.15) is 45.1 Å². The zero-order valence-electron chi connectivity index (χ0n) is 10.6. The predicted octanol–water partition coefficient (Wildman–Crippen LogP) is 3.80. The van der Waals surface area contributed by atoms with Crippen molar-refractivity contribution >= 4 is 22.7 Å². The van der Waals surface area contributed by atoms with Crippen LogP contribution >= 0.6 is 11.3 Å². The molecule has 1 aromatic heterocycles. The topological polar surface area (TPSA) is 52.9 Å². The van der Waals surface area contributed by atoms with Gasteiger partial charge in [0.15, 0.2) is 0 Å². The van der Waals surface area contributed by atoms with Crippen LogP contribution in [0.3, 0.4) is 0 Å². The molecule has 0 fully saturated rings. The van der Waals surface area contributed by atoms with E-state index in [9.17, 15) is 4.79 Å². The van der Waals surface area contributed by atoms with Gasteiger partial charge in [-0.15, -0.1) is 11.3 Å². The van der Waals surface area contributed by atoms with Crippen LogP contribution in [-0.4, -0.2) is 6.41 Å². The Morgan fingerprint density at radius 1 is 1.44 bits per heavy atom. The maximum absolute atomic E-state index is 10.1. The Hall–Kier alpha value is -1.34. The quantitative estimate of drug-likeness (QED) is 0.817. The van der Waals surface area contributed by atoms with Gasteiger partial charge in [-0.3, -0.25) is 4.79 Å². The van der Waals surface area contributed by atoms with Gasteiger partial charge in [-0.05, 0) is 12.5 Å². The molecule has 0 radical (unpaired) electrons. The lowest BCUT2D eigenvalue weighted by molar-refractivity contribution is -0.105. The van der Waals surface area contributed by atoms with Crippen molar-refractivity contribution in [1.82, 2.24) is 0 Å². The molecule has 1 rings (SSSR count). The van der Waals surface area contributed by atoms with Crippen LogP contribution in [0.2, 0.25) is 0 Å². The number of anilines is 1. The monoisotopic (exact) mass is 240 g/mol. The first-order chi connectivity index (χ1) is 7.81. The first kappa shape index (κ1) is 17.1. The molecule has 0 unspecified atom stereocenters. The van der Waals surface area contributed by atoms with E-state index >= 15 is 0 Å². The van der Waals surface area contributed by atoms with Gasteiger partial charge in [0.25, 0.3) is 0 Å². The molecule has 0 aliphatic rings. The first-order valence-corrected chi connectivity index (χ1v) is 6.36. The Labute approximate surface area is 102 Å². The number of nitrogens with one attached hydrogen (secondary N) is 1. The summed E-state index contributed by atoms with van der Waals surface area (Å²) < 4.78 is 0. The highest BCUT2D eigenvalue weighted by Crippen LogP contribution is 2.27. The lowest BCUT2D eigenvalue weighted by Crippen LogP contribution is -1.91. The largest absolute Gasteiger partial charge is 0.319 e. The van der Waals surface area contributed by atoms with E-state index in [1.807, 2.05) is 40.7 Å². The minimum atomic E-state index is 0.545. The van der Waals surface area contributed by atoms with E-state index in [-0.39, 0.29) is 0 Å². The van der Waals surface area contributed by atoms with Gasteiger partial charge in [-0.2, -0.15) is 5.26 Å². The Morgan fingerprint density at radius 3 is 2.38 bits per heavy atom. The summed E-state index contributed by atoms with van der Waals surface area (Å²) in [4.78, 5) is 11.2. The molecule has 0 aliphatic carbocycles. The molecule has 0 aliphatic heterocycles. The Bertz CT molecular complexity index is 326. The Balaban J connectivity index is 0. The van der Waals surface area contributed by atoms with Crippen LogP contribution in [0.15, 0.2) is 6.07 Å². The van der Waals surface area contributed by atoms with Crippen molar-refractivity contribution in [3.05, 3.63) is 16.5 Å². The predicted molar refractivity (Wildman–Crippen MR) is 70.8 cm³/mol. The summed E-state index contributed by atoms with van der Waals surface area (Å²) in [6.45, 7) is 10.0. The molecule has 0 saturated carbocycles. The minimum Gasteiger partial charge on any atom is -0.319 e. The van der Waals surface area contributed by atoms with Crippen LogP contribution in [0.4, 0.5) is 5.00 Å². The van der Waals surface area contributed by atoms with E-state index in [4.69, 9.17) is 5.26 Å². The van der Waals surface area contributed by atoms with Gasteiger partial charge in [0.2, 0.25) is 6.41 Å².